The van der Waals surface area contributed by atoms with Gasteiger partial charge in [-0.2, -0.15) is 0 Å². The second-order valence-electron chi connectivity index (χ2n) is 4.29. The molecule has 118 valence electrons. The molecule has 23 heavy (non-hydrogen) atoms. The van der Waals surface area contributed by atoms with E-state index in [-0.39, 0.29) is 24.1 Å². The highest BCUT2D eigenvalue weighted by molar-refractivity contribution is 7.20. The number of benzene rings is 1. The summed E-state index contributed by atoms with van der Waals surface area (Å²) in [7, 11) is 0. The third kappa shape index (κ3) is 4.01. The van der Waals surface area contributed by atoms with Gasteiger partial charge in [-0.15, -0.1) is 16.4 Å². The van der Waals surface area contributed by atoms with Crippen LogP contribution in [0.5, 0.6) is 5.75 Å². The molecule has 0 fully saturated rings. The first-order valence-corrected chi connectivity index (χ1v) is 7.95. The normalized spacial score (nSPS) is 10.5. The molecule has 0 aliphatic heterocycles. The SMILES string of the molecule is O=C(Nc1nnc(COc2ccccc2)o1)c1cc(Cl)sc1Cl. The lowest BCUT2D eigenvalue weighted by atomic mass is 10.3. The summed E-state index contributed by atoms with van der Waals surface area (Å²) in [5.41, 5.74) is 0.252. The number of ether oxygens (including phenoxy) is 1. The molecule has 1 amide bonds. The van der Waals surface area contributed by atoms with E-state index in [4.69, 9.17) is 32.4 Å². The smallest absolute Gasteiger partial charge is 0.322 e. The molecule has 0 saturated carbocycles. The van der Waals surface area contributed by atoms with Crippen LogP contribution in [0.3, 0.4) is 0 Å². The Bertz CT molecular complexity index is 820. The fourth-order valence-corrected chi connectivity index (χ4v) is 3.14. The van der Waals surface area contributed by atoms with Crippen molar-refractivity contribution in [3.63, 3.8) is 0 Å². The summed E-state index contributed by atoms with van der Waals surface area (Å²) in [5, 5.41) is 9.98. The highest BCUT2D eigenvalue weighted by Gasteiger charge is 2.17. The minimum atomic E-state index is -0.475. The van der Waals surface area contributed by atoms with Gasteiger partial charge in [-0.3, -0.25) is 10.1 Å². The molecule has 3 aromatic rings. The van der Waals surface area contributed by atoms with Gasteiger partial charge in [-0.05, 0) is 18.2 Å². The lowest BCUT2D eigenvalue weighted by Gasteiger charge is -2.01. The summed E-state index contributed by atoms with van der Waals surface area (Å²) in [6.45, 7) is 0.0952. The van der Waals surface area contributed by atoms with Gasteiger partial charge in [0.1, 0.15) is 10.1 Å². The van der Waals surface area contributed by atoms with Gasteiger partial charge in [0.05, 0.1) is 9.90 Å². The molecule has 6 nitrogen and oxygen atoms in total. The van der Waals surface area contributed by atoms with Crippen LogP contribution in [-0.4, -0.2) is 16.1 Å². The molecule has 9 heteroatoms. The minimum Gasteiger partial charge on any atom is -0.484 e. The number of hydrogen-bond donors (Lipinski definition) is 1. The quantitative estimate of drug-likeness (QED) is 0.726. The maximum Gasteiger partial charge on any atom is 0.322 e. The van der Waals surface area contributed by atoms with Crippen molar-refractivity contribution in [1.29, 1.82) is 0 Å². The van der Waals surface area contributed by atoms with Gasteiger partial charge in [-0.25, -0.2) is 0 Å². The zero-order chi connectivity index (χ0) is 16.2. The first kappa shape index (κ1) is 15.8. The van der Waals surface area contributed by atoms with E-state index in [0.717, 1.165) is 11.3 Å². The molecule has 0 atom stereocenters. The number of aromatic nitrogens is 2. The van der Waals surface area contributed by atoms with Crippen LogP contribution in [0.25, 0.3) is 0 Å². The van der Waals surface area contributed by atoms with Gasteiger partial charge >= 0.3 is 6.01 Å². The number of thiophene rings is 1. The van der Waals surface area contributed by atoms with Crippen molar-refractivity contribution < 1.29 is 13.9 Å². The average molecular weight is 370 g/mol. The Morgan fingerprint density at radius 1 is 1.26 bits per heavy atom. The molecule has 0 bridgehead atoms. The Morgan fingerprint density at radius 2 is 2.04 bits per heavy atom. The van der Waals surface area contributed by atoms with Crippen LogP contribution in [0.15, 0.2) is 40.8 Å². The number of hydrogen-bond acceptors (Lipinski definition) is 6. The molecule has 1 N–H and O–H groups in total. The van der Waals surface area contributed by atoms with E-state index in [1.54, 1.807) is 12.1 Å². The Hall–Kier alpha value is -2.09. The third-order valence-corrected chi connectivity index (χ3v) is 4.18. The monoisotopic (exact) mass is 369 g/mol. The van der Waals surface area contributed by atoms with E-state index in [1.807, 2.05) is 18.2 Å². The van der Waals surface area contributed by atoms with Crippen molar-refractivity contribution in [1.82, 2.24) is 10.2 Å². The fourth-order valence-electron chi connectivity index (χ4n) is 1.68. The zero-order valence-electron chi connectivity index (χ0n) is 11.5. The number of halogens is 2. The van der Waals surface area contributed by atoms with Crippen LogP contribution in [0, 0.1) is 0 Å². The maximum absolute atomic E-state index is 12.0. The van der Waals surface area contributed by atoms with Crippen LogP contribution < -0.4 is 10.1 Å². The Morgan fingerprint density at radius 3 is 2.74 bits per heavy atom. The molecule has 0 aliphatic carbocycles. The molecule has 0 aliphatic rings. The molecule has 2 heterocycles. The summed E-state index contributed by atoms with van der Waals surface area (Å²) in [4.78, 5) is 12.0. The predicted molar refractivity (Wildman–Crippen MR) is 87.4 cm³/mol. The average Bonchev–Trinajstić information content (AvgIpc) is 3.12. The maximum atomic E-state index is 12.0. The highest BCUT2D eigenvalue weighted by atomic mass is 35.5. The largest absolute Gasteiger partial charge is 0.484 e. The molecule has 0 radical (unpaired) electrons. The summed E-state index contributed by atoms with van der Waals surface area (Å²) in [6, 6.07) is 10.6. The molecular weight excluding hydrogens is 361 g/mol. The zero-order valence-corrected chi connectivity index (χ0v) is 13.8. The van der Waals surface area contributed by atoms with E-state index in [2.05, 4.69) is 15.5 Å². The Balaban J connectivity index is 1.61. The summed E-state index contributed by atoms with van der Waals surface area (Å²) < 4.78 is 11.5. The number of amides is 1. The second kappa shape index (κ2) is 6.99. The molecule has 0 unspecified atom stereocenters. The number of anilines is 1. The Labute approximate surface area is 145 Å². The van der Waals surface area contributed by atoms with Crippen molar-refractivity contribution in [2.75, 3.05) is 5.32 Å². The van der Waals surface area contributed by atoms with Crippen LogP contribution >= 0.6 is 34.5 Å². The Kier molecular flexibility index (Phi) is 4.80. The summed E-state index contributed by atoms with van der Waals surface area (Å²) >= 11 is 12.8. The van der Waals surface area contributed by atoms with Crippen LogP contribution in [0.4, 0.5) is 6.01 Å². The standard InChI is InChI=1S/C14H9Cl2N3O3S/c15-10-6-9(12(16)23-10)13(20)17-14-19-18-11(22-14)7-21-8-4-2-1-3-5-8/h1-6H,7H2,(H,17,19,20). The van der Waals surface area contributed by atoms with E-state index >= 15 is 0 Å². The van der Waals surface area contributed by atoms with Crippen molar-refractivity contribution in [3.05, 3.63) is 56.5 Å². The number of nitrogens with one attached hydrogen (secondary N) is 1. The number of carbonyl (C=O) groups is 1. The van der Waals surface area contributed by atoms with Gasteiger partial charge in [0.2, 0.25) is 0 Å². The fraction of sp³-hybridized carbons (Fsp3) is 0.0714. The van der Waals surface area contributed by atoms with Crippen molar-refractivity contribution >= 4 is 46.5 Å². The van der Waals surface area contributed by atoms with E-state index in [1.165, 1.54) is 6.07 Å². The first-order valence-electron chi connectivity index (χ1n) is 6.38. The van der Waals surface area contributed by atoms with Gasteiger partial charge in [0.25, 0.3) is 11.8 Å². The van der Waals surface area contributed by atoms with Crippen molar-refractivity contribution in [2.24, 2.45) is 0 Å². The molecular formula is C14H9Cl2N3O3S. The highest BCUT2D eigenvalue weighted by Crippen LogP contribution is 2.31. The minimum absolute atomic E-state index is 0.0416. The molecule has 2 aromatic heterocycles. The van der Waals surface area contributed by atoms with E-state index < -0.39 is 5.91 Å². The third-order valence-electron chi connectivity index (χ3n) is 2.69. The van der Waals surface area contributed by atoms with Gasteiger partial charge < -0.3 is 9.15 Å². The van der Waals surface area contributed by atoms with Gasteiger partial charge in [0, 0.05) is 0 Å². The summed E-state index contributed by atoms with van der Waals surface area (Å²) in [5.74, 6) is 0.437. The topological polar surface area (TPSA) is 77.2 Å². The van der Waals surface area contributed by atoms with Gasteiger partial charge in [-0.1, -0.05) is 46.5 Å². The van der Waals surface area contributed by atoms with Crippen LogP contribution in [0.2, 0.25) is 8.67 Å². The summed E-state index contributed by atoms with van der Waals surface area (Å²) in [6.07, 6.45) is 0. The van der Waals surface area contributed by atoms with Crippen molar-refractivity contribution in [2.45, 2.75) is 6.61 Å². The number of para-hydroxylation sites is 1. The lowest BCUT2D eigenvalue weighted by Crippen LogP contribution is -2.11. The van der Waals surface area contributed by atoms with Crippen LogP contribution in [-0.2, 0) is 6.61 Å². The van der Waals surface area contributed by atoms with E-state index in [9.17, 15) is 4.79 Å². The number of nitrogens with zero attached hydrogens (tertiary/aromatic N) is 2. The molecule has 1 aromatic carbocycles. The molecule has 0 saturated heterocycles. The number of carbonyl (C=O) groups excluding carboxylic acids is 1. The predicted octanol–water partition coefficient (Wildman–Crippen LogP) is 4.27. The van der Waals surface area contributed by atoms with E-state index in [0.29, 0.717) is 14.4 Å². The molecule has 3 rings (SSSR count). The first-order chi connectivity index (χ1) is 11.1. The molecule has 0 spiro atoms. The van der Waals surface area contributed by atoms with Crippen LogP contribution in [0.1, 0.15) is 16.2 Å². The van der Waals surface area contributed by atoms with Gasteiger partial charge in [0.15, 0.2) is 6.61 Å². The lowest BCUT2D eigenvalue weighted by molar-refractivity contribution is 0.102. The number of rotatable bonds is 5. The van der Waals surface area contributed by atoms with Crippen molar-refractivity contribution in [3.8, 4) is 5.75 Å². The second-order valence-corrected chi connectivity index (χ2v) is 6.58.